The largest absolute Gasteiger partial charge is 0.465 e. The van der Waals surface area contributed by atoms with Gasteiger partial charge in [0.05, 0.1) is 25.2 Å². The number of hydrogen-bond acceptors (Lipinski definition) is 5. The number of rotatable bonds is 2. The maximum absolute atomic E-state index is 10.6. The molecule has 0 saturated carbocycles. The normalized spacial score (nSPS) is 37.5. The maximum atomic E-state index is 10.6. The number of esters is 1. The van der Waals surface area contributed by atoms with Crippen LogP contribution in [-0.4, -0.2) is 32.4 Å². The van der Waals surface area contributed by atoms with Gasteiger partial charge in [0, 0.05) is 6.92 Å². The van der Waals surface area contributed by atoms with Gasteiger partial charge < -0.3 is 18.3 Å². The molecule has 5 nitrogen and oxygen atoms in total. The molecular weight excluding hydrogens is 195 g/mol. The van der Waals surface area contributed by atoms with Gasteiger partial charge >= 0.3 is 14.6 Å². The van der Waals surface area contributed by atoms with Gasteiger partial charge in [0.2, 0.25) is 0 Å². The van der Waals surface area contributed by atoms with E-state index in [1.54, 1.807) is 0 Å². The molecule has 6 heteroatoms. The average Bonchev–Trinajstić information content (AvgIpc) is 2.18. The van der Waals surface area contributed by atoms with Crippen molar-refractivity contribution in [3.8, 4) is 0 Å². The Kier molecular flexibility index (Phi) is 2.51. The molecule has 3 aliphatic rings. The van der Waals surface area contributed by atoms with Gasteiger partial charge in [0.25, 0.3) is 0 Å². The highest BCUT2D eigenvalue weighted by molar-refractivity contribution is 7.41. The van der Waals surface area contributed by atoms with Gasteiger partial charge in [0.1, 0.15) is 6.61 Å². The second kappa shape index (κ2) is 3.50. The summed E-state index contributed by atoms with van der Waals surface area (Å²) in [4.78, 5) is 10.6. The Bertz CT molecular complexity index is 197. The van der Waals surface area contributed by atoms with E-state index in [2.05, 4.69) is 0 Å². The topological polar surface area (TPSA) is 54.0 Å². The molecule has 13 heavy (non-hydrogen) atoms. The number of ether oxygens (including phenoxy) is 1. The predicted molar refractivity (Wildman–Crippen MR) is 43.8 cm³/mol. The molecular formula is C7H11O5P. The Morgan fingerprint density at radius 1 is 1.38 bits per heavy atom. The highest BCUT2D eigenvalue weighted by Crippen LogP contribution is 2.53. The molecule has 0 aromatic rings. The zero-order valence-electron chi connectivity index (χ0n) is 7.32. The Balaban J connectivity index is 1.91. The van der Waals surface area contributed by atoms with E-state index in [1.165, 1.54) is 6.92 Å². The summed E-state index contributed by atoms with van der Waals surface area (Å²) in [6.45, 7) is 3.38. The lowest BCUT2D eigenvalue weighted by Gasteiger charge is -2.43. The zero-order valence-corrected chi connectivity index (χ0v) is 8.21. The van der Waals surface area contributed by atoms with Crippen molar-refractivity contribution in [3.63, 3.8) is 0 Å². The van der Waals surface area contributed by atoms with Crippen molar-refractivity contribution in [1.29, 1.82) is 0 Å². The smallest absolute Gasteiger partial charge is 0.332 e. The molecule has 0 aromatic carbocycles. The van der Waals surface area contributed by atoms with Crippen molar-refractivity contribution in [1.82, 2.24) is 0 Å². The van der Waals surface area contributed by atoms with Gasteiger partial charge in [-0.15, -0.1) is 0 Å². The number of hydrogen-bond donors (Lipinski definition) is 0. The highest BCUT2D eigenvalue weighted by Gasteiger charge is 2.45. The van der Waals surface area contributed by atoms with E-state index in [0.29, 0.717) is 26.4 Å². The van der Waals surface area contributed by atoms with Crippen molar-refractivity contribution in [2.75, 3.05) is 26.4 Å². The summed E-state index contributed by atoms with van der Waals surface area (Å²) in [6, 6.07) is 0. The van der Waals surface area contributed by atoms with Crippen molar-refractivity contribution >= 4 is 14.6 Å². The first kappa shape index (κ1) is 9.34. The molecule has 2 bridgehead atoms. The van der Waals surface area contributed by atoms with E-state index in [4.69, 9.17) is 18.3 Å². The predicted octanol–water partition coefficient (Wildman–Crippen LogP) is 0.840. The summed E-state index contributed by atoms with van der Waals surface area (Å²) in [5, 5.41) is 0. The molecule has 0 unspecified atom stereocenters. The first-order valence-electron chi connectivity index (χ1n) is 4.02. The molecule has 3 aliphatic heterocycles. The quantitative estimate of drug-likeness (QED) is 0.495. The van der Waals surface area contributed by atoms with Crippen molar-refractivity contribution in [2.24, 2.45) is 5.41 Å². The molecule has 3 fully saturated rings. The van der Waals surface area contributed by atoms with E-state index >= 15 is 0 Å². The summed E-state index contributed by atoms with van der Waals surface area (Å²) >= 11 is 0. The second-order valence-corrected chi connectivity index (χ2v) is 4.55. The molecule has 0 atom stereocenters. The summed E-state index contributed by atoms with van der Waals surface area (Å²) in [7, 11) is -1.10. The van der Waals surface area contributed by atoms with Crippen molar-refractivity contribution in [2.45, 2.75) is 6.92 Å². The van der Waals surface area contributed by atoms with Crippen LogP contribution in [0, 0.1) is 5.41 Å². The van der Waals surface area contributed by atoms with E-state index in [0.717, 1.165) is 0 Å². The van der Waals surface area contributed by atoms with Crippen LogP contribution in [0.15, 0.2) is 0 Å². The molecule has 74 valence electrons. The fraction of sp³-hybridized carbons (Fsp3) is 0.857. The molecule has 0 aliphatic carbocycles. The fourth-order valence-electron chi connectivity index (χ4n) is 1.19. The molecule has 3 saturated heterocycles. The van der Waals surface area contributed by atoms with E-state index < -0.39 is 8.60 Å². The van der Waals surface area contributed by atoms with E-state index in [9.17, 15) is 4.79 Å². The summed E-state index contributed by atoms with van der Waals surface area (Å²) in [5.41, 5.74) is -0.275. The van der Waals surface area contributed by atoms with E-state index in [1.807, 2.05) is 0 Å². The lowest BCUT2D eigenvalue weighted by molar-refractivity contribution is -0.154. The number of fused-ring (bicyclic) bond motifs is 3. The monoisotopic (exact) mass is 206 g/mol. The van der Waals surface area contributed by atoms with Gasteiger partial charge in [-0.25, -0.2) is 0 Å². The van der Waals surface area contributed by atoms with Gasteiger partial charge in [-0.05, 0) is 0 Å². The minimum absolute atomic E-state index is 0.275. The van der Waals surface area contributed by atoms with Crippen LogP contribution in [0.5, 0.6) is 0 Å². The van der Waals surface area contributed by atoms with Gasteiger partial charge in [-0.3, -0.25) is 4.79 Å². The van der Waals surface area contributed by atoms with Crippen LogP contribution < -0.4 is 0 Å². The Morgan fingerprint density at radius 2 is 1.92 bits per heavy atom. The first-order valence-corrected chi connectivity index (χ1v) is 5.12. The van der Waals surface area contributed by atoms with Crippen LogP contribution in [0.4, 0.5) is 0 Å². The SMILES string of the molecule is CC(=O)OCC12COP(OC1)OC2. The molecule has 0 amide bonds. The van der Waals surface area contributed by atoms with Crippen LogP contribution in [0.2, 0.25) is 0 Å². The number of carbonyl (C=O) groups is 1. The van der Waals surface area contributed by atoms with E-state index in [-0.39, 0.29) is 11.4 Å². The minimum atomic E-state index is -1.10. The highest BCUT2D eigenvalue weighted by atomic mass is 31.2. The minimum Gasteiger partial charge on any atom is -0.465 e. The molecule has 0 spiro atoms. The fourth-order valence-corrected chi connectivity index (χ4v) is 2.55. The van der Waals surface area contributed by atoms with Crippen molar-refractivity contribution < 1.29 is 23.1 Å². The van der Waals surface area contributed by atoms with Gasteiger partial charge in [-0.1, -0.05) is 0 Å². The van der Waals surface area contributed by atoms with Crippen LogP contribution in [0.25, 0.3) is 0 Å². The third-order valence-electron chi connectivity index (χ3n) is 2.01. The Hall–Kier alpha value is -0.220. The summed E-state index contributed by atoms with van der Waals surface area (Å²) < 4.78 is 20.7. The van der Waals surface area contributed by atoms with Crippen LogP contribution in [0.3, 0.4) is 0 Å². The third kappa shape index (κ3) is 1.99. The van der Waals surface area contributed by atoms with Gasteiger partial charge in [-0.2, -0.15) is 0 Å². The number of carbonyl (C=O) groups excluding carboxylic acids is 1. The van der Waals surface area contributed by atoms with Crippen LogP contribution in [-0.2, 0) is 23.1 Å². The summed E-state index contributed by atoms with van der Waals surface area (Å²) in [5.74, 6) is -0.284. The molecule has 3 rings (SSSR count). The molecule has 0 radical (unpaired) electrons. The average molecular weight is 206 g/mol. The van der Waals surface area contributed by atoms with Crippen LogP contribution in [0.1, 0.15) is 6.92 Å². The lowest BCUT2D eigenvalue weighted by atomic mass is 9.92. The zero-order chi connectivity index (χ0) is 9.31. The molecule has 0 aromatic heterocycles. The Labute approximate surface area is 77.3 Å². The lowest BCUT2D eigenvalue weighted by Crippen LogP contribution is -2.47. The summed E-state index contributed by atoms with van der Waals surface area (Å²) in [6.07, 6.45) is 0. The second-order valence-electron chi connectivity index (χ2n) is 3.32. The van der Waals surface area contributed by atoms with Gasteiger partial charge in [0.15, 0.2) is 0 Å². The third-order valence-corrected chi connectivity index (χ3v) is 3.03. The first-order chi connectivity index (χ1) is 6.20. The molecule has 3 heterocycles. The van der Waals surface area contributed by atoms with Crippen molar-refractivity contribution in [3.05, 3.63) is 0 Å². The van der Waals surface area contributed by atoms with Crippen LogP contribution >= 0.6 is 8.60 Å². The standard InChI is InChI=1S/C7H11O5P/c1-6(8)9-2-7-3-10-13(11-4-7)12-5-7/h2-5H2,1H3. The Morgan fingerprint density at radius 3 is 2.38 bits per heavy atom. The molecule has 0 N–H and O–H groups in total. The maximum Gasteiger partial charge on any atom is 0.332 e.